The van der Waals surface area contributed by atoms with Gasteiger partial charge in [-0.15, -0.1) is 0 Å². The Morgan fingerprint density at radius 3 is 2.50 bits per heavy atom. The van der Waals surface area contributed by atoms with Crippen LogP contribution in [0.4, 0.5) is 5.69 Å². The van der Waals surface area contributed by atoms with Gasteiger partial charge in [-0.1, -0.05) is 11.6 Å². The molecule has 1 aliphatic rings. The molecule has 8 heteroatoms. The number of thiocarbonyl (C=S) groups is 1. The first kappa shape index (κ1) is 19.4. The average molecular weight is 390 g/mol. The molecule has 0 saturated carbocycles. The van der Waals surface area contributed by atoms with Gasteiger partial charge in [0.05, 0.1) is 11.5 Å². The highest BCUT2D eigenvalue weighted by molar-refractivity contribution is 7.91. The maximum Gasteiger partial charge on any atom is 0.173 e. The first-order valence-electron chi connectivity index (χ1n) is 7.95. The van der Waals surface area contributed by atoms with Crippen LogP contribution in [0, 0.1) is 0 Å². The van der Waals surface area contributed by atoms with Crippen molar-refractivity contribution in [2.24, 2.45) is 0 Å². The lowest BCUT2D eigenvalue weighted by Gasteiger charge is -2.31. The van der Waals surface area contributed by atoms with Crippen molar-refractivity contribution in [1.29, 1.82) is 0 Å². The van der Waals surface area contributed by atoms with Crippen molar-refractivity contribution < 1.29 is 8.42 Å². The minimum absolute atomic E-state index is 0.0514. The number of rotatable bonds is 6. The second-order valence-corrected chi connectivity index (χ2v) is 9.40. The van der Waals surface area contributed by atoms with Gasteiger partial charge in [-0.2, -0.15) is 0 Å². The Hall–Kier alpha value is -0.890. The minimum atomic E-state index is -2.95. The Bertz CT molecular complexity index is 662. The summed E-state index contributed by atoms with van der Waals surface area (Å²) in [6, 6.07) is 7.26. The van der Waals surface area contributed by atoms with Crippen LogP contribution in [0.2, 0.25) is 5.02 Å². The van der Waals surface area contributed by atoms with E-state index in [-0.39, 0.29) is 17.5 Å². The molecule has 1 aromatic rings. The zero-order chi connectivity index (χ0) is 17.7. The van der Waals surface area contributed by atoms with Crippen LogP contribution < -0.4 is 5.32 Å². The summed E-state index contributed by atoms with van der Waals surface area (Å²) < 4.78 is 23.7. The molecule has 0 aromatic heterocycles. The van der Waals surface area contributed by atoms with Crippen LogP contribution >= 0.6 is 23.8 Å². The van der Waals surface area contributed by atoms with Crippen molar-refractivity contribution in [3.05, 3.63) is 29.3 Å². The fraction of sp³-hybridized carbons (Fsp3) is 0.562. The minimum Gasteiger partial charge on any atom is -0.345 e. The van der Waals surface area contributed by atoms with E-state index in [1.54, 1.807) is 12.1 Å². The fourth-order valence-electron chi connectivity index (χ4n) is 2.76. The molecule has 1 fully saturated rings. The smallest absolute Gasteiger partial charge is 0.173 e. The van der Waals surface area contributed by atoms with E-state index < -0.39 is 9.84 Å². The van der Waals surface area contributed by atoms with Crippen molar-refractivity contribution in [1.82, 2.24) is 9.80 Å². The van der Waals surface area contributed by atoms with Crippen LogP contribution in [0.5, 0.6) is 0 Å². The number of nitrogens with zero attached hydrogens (tertiary/aromatic N) is 2. The highest BCUT2D eigenvalue weighted by atomic mass is 35.5. The van der Waals surface area contributed by atoms with Gasteiger partial charge in [0, 0.05) is 23.3 Å². The quantitative estimate of drug-likeness (QED) is 0.754. The predicted octanol–water partition coefficient (Wildman–Crippen LogP) is 2.48. The van der Waals surface area contributed by atoms with Crippen LogP contribution in [0.3, 0.4) is 0 Å². The Balaban J connectivity index is 2.05. The molecule has 0 unspecified atom stereocenters. The van der Waals surface area contributed by atoms with Crippen LogP contribution in [-0.4, -0.2) is 68.1 Å². The van der Waals surface area contributed by atoms with Gasteiger partial charge in [0.15, 0.2) is 14.9 Å². The summed E-state index contributed by atoms with van der Waals surface area (Å²) in [5.74, 6) is 0.419. The Morgan fingerprint density at radius 2 is 1.96 bits per heavy atom. The van der Waals surface area contributed by atoms with E-state index in [0.29, 0.717) is 16.6 Å². The molecular formula is C16H24ClN3O2S2. The molecule has 2 rings (SSSR count). The van der Waals surface area contributed by atoms with E-state index in [9.17, 15) is 8.42 Å². The molecule has 1 N–H and O–H groups in total. The Kier molecular flexibility index (Phi) is 6.86. The Labute approximate surface area is 154 Å². The van der Waals surface area contributed by atoms with E-state index >= 15 is 0 Å². The lowest BCUT2D eigenvalue weighted by atomic mass is 10.2. The third-order valence-corrected chi connectivity index (χ3v) is 6.35. The largest absolute Gasteiger partial charge is 0.345 e. The van der Waals surface area contributed by atoms with E-state index in [4.69, 9.17) is 23.8 Å². The van der Waals surface area contributed by atoms with Gasteiger partial charge >= 0.3 is 0 Å². The third-order valence-electron chi connectivity index (χ3n) is 4.01. The molecule has 1 atom stereocenters. The maximum absolute atomic E-state index is 11.8. The molecule has 134 valence electrons. The van der Waals surface area contributed by atoms with E-state index in [1.807, 2.05) is 31.1 Å². The molecule has 1 saturated heterocycles. The predicted molar refractivity (Wildman–Crippen MR) is 105 cm³/mol. The molecule has 0 amide bonds. The number of anilines is 1. The van der Waals surface area contributed by atoms with E-state index in [2.05, 4.69) is 10.2 Å². The fourth-order valence-corrected chi connectivity index (χ4v) is 4.97. The van der Waals surface area contributed by atoms with Crippen molar-refractivity contribution in [3.8, 4) is 0 Å². The highest BCUT2D eigenvalue weighted by Gasteiger charge is 2.33. The normalized spacial score (nSPS) is 19.4. The first-order chi connectivity index (χ1) is 11.3. The first-order valence-corrected chi connectivity index (χ1v) is 10.6. The lowest BCUT2D eigenvalue weighted by molar-refractivity contribution is 0.306. The number of halogens is 1. The summed E-state index contributed by atoms with van der Waals surface area (Å²) in [5, 5.41) is 4.43. The maximum atomic E-state index is 11.8. The van der Waals surface area contributed by atoms with Gasteiger partial charge in [0.1, 0.15) is 0 Å². The molecule has 1 aliphatic heterocycles. The summed E-state index contributed by atoms with van der Waals surface area (Å²) in [5.41, 5.74) is 0.850. The standard InChI is InChI=1S/C16H24ClN3O2S2/c1-19(2)9-3-10-20(15-8-11-24(21,22)12-15)16(23)18-14-6-4-13(17)5-7-14/h4-7,15H,3,8-12H2,1-2H3,(H,18,23)/t15-/m1/s1. The van der Waals surface area contributed by atoms with Crippen molar-refractivity contribution >= 4 is 44.5 Å². The van der Waals surface area contributed by atoms with Crippen LogP contribution in [0.1, 0.15) is 12.8 Å². The number of benzene rings is 1. The van der Waals surface area contributed by atoms with Gasteiger partial charge in [0.25, 0.3) is 0 Å². The number of hydrogen-bond donors (Lipinski definition) is 1. The molecule has 1 heterocycles. The van der Waals surface area contributed by atoms with Gasteiger partial charge < -0.3 is 15.1 Å². The van der Waals surface area contributed by atoms with Gasteiger partial charge in [-0.3, -0.25) is 0 Å². The summed E-state index contributed by atoms with van der Waals surface area (Å²) in [6.07, 6.45) is 1.55. The summed E-state index contributed by atoms with van der Waals surface area (Å²) >= 11 is 11.5. The Morgan fingerprint density at radius 1 is 1.29 bits per heavy atom. The lowest BCUT2D eigenvalue weighted by Crippen LogP contribution is -2.44. The van der Waals surface area contributed by atoms with E-state index in [1.165, 1.54) is 0 Å². The second kappa shape index (κ2) is 8.47. The van der Waals surface area contributed by atoms with Gasteiger partial charge in [-0.05, 0) is 70.0 Å². The second-order valence-electron chi connectivity index (χ2n) is 6.34. The highest BCUT2D eigenvalue weighted by Crippen LogP contribution is 2.20. The molecule has 24 heavy (non-hydrogen) atoms. The molecule has 0 bridgehead atoms. The number of hydrogen-bond acceptors (Lipinski definition) is 4. The van der Waals surface area contributed by atoms with Crippen LogP contribution in [0.25, 0.3) is 0 Å². The molecule has 5 nitrogen and oxygen atoms in total. The summed E-state index contributed by atoms with van der Waals surface area (Å²) in [6.45, 7) is 1.66. The average Bonchev–Trinajstić information content (AvgIpc) is 2.85. The van der Waals surface area contributed by atoms with Crippen molar-refractivity contribution in [2.75, 3.05) is 44.0 Å². The number of sulfone groups is 1. The van der Waals surface area contributed by atoms with Gasteiger partial charge in [0.2, 0.25) is 0 Å². The molecule has 1 aromatic carbocycles. The van der Waals surface area contributed by atoms with Gasteiger partial charge in [-0.25, -0.2) is 8.42 Å². The molecule has 0 spiro atoms. The van der Waals surface area contributed by atoms with E-state index in [0.717, 1.165) is 25.2 Å². The molecule has 0 aliphatic carbocycles. The van der Waals surface area contributed by atoms with Crippen LogP contribution in [0.15, 0.2) is 24.3 Å². The SMILES string of the molecule is CN(C)CCCN(C(=S)Nc1ccc(Cl)cc1)[C@@H]1CCS(=O)(=O)C1. The van der Waals surface area contributed by atoms with Crippen molar-refractivity contribution in [3.63, 3.8) is 0 Å². The van der Waals surface area contributed by atoms with Crippen LogP contribution in [-0.2, 0) is 9.84 Å². The molecule has 0 radical (unpaired) electrons. The zero-order valence-corrected chi connectivity index (χ0v) is 16.4. The van der Waals surface area contributed by atoms with Crippen molar-refractivity contribution in [2.45, 2.75) is 18.9 Å². The summed E-state index contributed by atoms with van der Waals surface area (Å²) in [4.78, 5) is 4.14. The monoisotopic (exact) mass is 389 g/mol. The zero-order valence-electron chi connectivity index (χ0n) is 14.0. The third kappa shape index (κ3) is 5.88. The summed E-state index contributed by atoms with van der Waals surface area (Å²) in [7, 11) is 1.09. The number of nitrogens with one attached hydrogen (secondary N) is 1. The molecular weight excluding hydrogens is 366 g/mol. The topological polar surface area (TPSA) is 52.6 Å².